The maximum absolute atomic E-state index is 5.25. The zero-order valence-electron chi connectivity index (χ0n) is 11.7. The Morgan fingerprint density at radius 2 is 2.11 bits per heavy atom. The summed E-state index contributed by atoms with van der Waals surface area (Å²) in [5, 5.41) is 3.50. The highest BCUT2D eigenvalue weighted by Gasteiger charge is 2.07. The number of aryl methyl sites for hydroxylation is 1. The largest absolute Gasteiger partial charge is 0.481 e. The first-order chi connectivity index (χ1) is 9.20. The van der Waals surface area contributed by atoms with Crippen LogP contribution in [-0.4, -0.2) is 12.1 Å². The molecule has 0 saturated heterocycles. The Hall–Kier alpha value is -1.87. The zero-order chi connectivity index (χ0) is 13.7. The number of methoxy groups -OCH3 is 1. The summed E-state index contributed by atoms with van der Waals surface area (Å²) in [7, 11) is 1.65. The van der Waals surface area contributed by atoms with Gasteiger partial charge in [-0.3, -0.25) is 0 Å². The molecule has 1 aromatic carbocycles. The van der Waals surface area contributed by atoms with Gasteiger partial charge in [0, 0.05) is 24.3 Å². The predicted molar refractivity (Wildman–Crippen MR) is 77.2 cm³/mol. The van der Waals surface area contributed by atoms with Gasteiger partial charge in [-0.25, -0.2) is 4.98 Å². The summed E-state index contributed by atoms with van der Waals surface area (Å²) >= 11 is 0. The van der Waals surface area contributed by atoms with Crippen molar-refractivity contribution in [1.82, 2.24) is 10.3 Å². The molecule has 0 aliphatic rings. The quantitative estimate of drug-likeness (QED) is 0.891. The van der Waals surface area contributed by atoms with E-state index in [0.29, 0.717) is 11.9 Å². The fourth-order valence-electron chi connectivity index (χ4n) is 2.06. The van der Waals surface area contributed by atoms with Gasteiger partial charge in [-0.1, -0.05) is 35.9 Å². The molecule has 1 N–H and O–H groups in total. The second kappa shape index (κ2) is 6.34. The first kappa shape index (κ1) is 13.6. The Morgan fingerprint density at radius 1 is 1.26 bits per heavy atom. The van der Waals surface area contributed by atoms with Gasteiger partial charge >= 0.3 is 0 Å². The third-order valence-corrected chi connectivity index (χ3v) is 3.18. The third-order valence-electron chi connectivity index (χ3n) is 3.18. The number of nitrogens with zero attached hydrogens (tertiary/aromatic N) is 1. The fourth-order valence-corrected chi connectivity index (χ4v) is 2.06. The minimum atomic E-state index is 0.296. The molecule has 0 aliphatic carbocycles. The van der Waals surface area contributed by atoms with Gasteiger partial charge < -0.3 is 10.1 Å². The second-order valence-electron chi connectivity index (χ2n) is 4.69. The number of hydrogen-bond donors (Lipinski definition) is 1. The van der Waals surface area contributed by atoms with Crippen molar-refractivity contribution in [3.05, 3.63) is 59.3 Å². The summed E-state index contributed by atoms with van der Waals surface area (Å²) in [4.78, 5) is 4.20. The number of pyridine rings is 1. The van der Waals surface area contributed by atoms with Crippen molar-refractivity contribution in [2.45, 2.75) is 26.4 Å². The van der Waals surface area contributed by atoms with Gasteiger partial charge in [0.15, 0.2) is 0 Å². The lowest BCUT2D eigenvalue weighted by atomic mass is 10.1. The summed E-state index contributed by atoms with van der Waals surface area (Å²) in [5.74, 6) is 0.687. The number of aromatic nitrogens is 1. The molecule has 1 heterocycles. The maximum atomic E-state index is 5.25. The molecule has 0 amide bonds. The van der Waals surface area contributed by atoms with Gasteiger partial charge in [0.1, 0.15) is 0 Å². The van der Waals surface area contributed by atoms with Crippen molar-refractivity contribution in [1.29, 1.82) is 0 Å². The first-order valence-corrected chi connectivity index (χ1v) is 6.48. The summed E-state index contributed by atoms with van der Waals surface area (Å²) in [5.41, 5.74) is 3.65. The monoisotopic (exact) mass is 256 g/mol. The summed E-state index contributed by atoms with van der Waals surface area (Å²) < 4.78 is 5.25. The molecule has 2 rings (SSSR count). The lowest BCUT2D eigenvalue weighted by molar-refractivity contribution is 0.389. The van der Waals surface area contributed by atoms with Crippen LogP contribution in [0.4, 0.5) is 0 Å². The van der Waals surface area contributed by atoms with Crippen molar-refractivity contribution >= 4 is 0 Å². The molecule has 100 valence electrons. The van der Waals surface area contributed by atoms with Crippen molar-refractivity contribution in [3.63, 3.8) is 0 Å². The van der Waals surface area contributed by atoms with Crippen LogP contribution in [0, 0.1) is 6.92 Å². The molecule has 2 aromatic rings. The lowest BCUT2D eigenvalue weighted by Crippen LogP contribution is -2.18. The second-order valence-corrected chi connectivity index (χ2v) is 4.69. The Balaban J connectivity index is 2.02. The number of hydrogen-bond acceptors (Lipinski definition) is 3. The normalized spacial score (nSPS) is 12.2. The molecule has 1 aromatic heterocycles. The van der Waals surface area contributed by atoms with E-state index in [9.17, 15) is 0 Å². The van der Waals surface area contributed by atoms with E-state index in [1.165, 1.54) is 11.1 Å². The highest BCUT2D eigenvalue weighted by Crippen LogP contribution is 2.17. The van der Waals surface area contributed by atoms with Crippen LogP contribution >= 0.6 is 0 Å². The van der Waals surface area contributed by atoms with Crippen LogP contribution in [0.25, 0.3) is 0 Å². The highest BCUT2D eigenvalue weighted by molar-refractivity contribution is 5.27. The van der Waals surface area contributed by atoms with Gasteiger partial charge in [0.25, 0.3) is 0 Å². The van der Waals surface area contributed by atoms with Crippen LogP contribution in [0.2, 0.25) is 0 Å². The average Bonchev–Trinajstić information content (AvgIpc) is 2.45. The van der Waals surface area contributed by atoms with Crippen molar-refractivity contribution in [2.24, 2.45) is 0 Å². The Morgan fingerprint density at radius 3 is 2.84 bits per heavy atom. The molecule has 0 saturated carbocycles. The molecule has 3 nitrogen and oxygen atoms in total. The molecule has 0 aliphatic heterocycles. The van der Waals surface area contributed by atoms with Crippen molar-refractivity contribution < 1.29 is 4.74 Å². The van der Waals surface area contributed by atoms with Gasteiger partial charge in [-0.2, -0.15) is 0 Å². The molecule has 0 spiro atoms. The topological polar surface area (TPSA) is 34.1 Å². The highest BCUT2D eigenvalue weighted by atomic mass is 16.5. The minimum Gasteiger partial charge on any atom is -0.481 e. The molecule has 19 heavy (non-hydrogen) atoms. The van der Waals surface area contributed by atoms with E-state index in [-0.39, 0.29) is 0 Å². The van der Waals surface area contributed by atoms with Crippen LogP contribution in [0.15, 0.2) is 42.6 Å². The van der Waals surface area contributed by atoms with E-state index in [4.69, 9.17) is 4.74 Å². The zero-order valence-corrected chi connectivity index (χ0v) is 11.7. The summed E-state index contributed by atoms with van der Waals surface area (Å²) in [6.07, 6.45) is 1.74. The van der Waals surface area contributed by atoms with Gasteiger partial charge in [0.2, 0.25) is 5.88 Å². The lowest BCUT2D eigenvalue weighted by Gasteiger charge is -2.15. The first-order valence-electron chi connectivity index (χ1n) is 6.48. The maximum Gasteiger partial charge on any atom is 0.217 e. The van der Waals surface area contributed by atoms with Crippen molar-refractivity contribution in [2.75, 3.05) is 7.11 Å². The Kier molecular flexibility index (Phi) is 4.53. The number of benzene rings is 1. The molecule has 0 bridgehead atoms. The van der Waals surface area contributed by atoms with Crippen molar-refractivity contribution in [3.8, 4) is 5.88 Å². The molecule has 0 unspecified atom stereocenters. The van der Waals surface area contributed by atoms with E-state index in [0.717, 1.165) is 12.1 Å². The van der Waals surface area contributed by atoms with Crippen LogP contribution < -0.4 is 10.1 Å². The smallest absolute Gasteiger partial charge is 0.217 e. The third kappa shape index (κ3) is 3.55. The van der Waals surface area contributed by atoms with Crippen LogP contribution in [0.5, 0.6) is 5.88 Å². The summed E-state index contributed by atoms with van der Waals surface area (Å²) in [6, 6.07) is 12.8. The molecule has 3 heteroatoms. The number of rotatable bonds is 5. The van der Waals surface area contributed by atoms with E-state index in [2.05, 4.69) is 48.4 Å². The van der Waals surface area contributed by atoms with E-state index in [1.807, 2.05) is 12.1 Å². The molecular formula is C16H20N2O. The van der Waals surface area contributed by atoms with Crippen LogP contribution in [0.1, 0.15) is 29.7 Å². The van der Waals surface area contributed by atoms with Gasteiger partial charge in [-0.15, -0.1) is 0 Å². The molecule has 0 radical (unpaired) electrons. The SMILES string of the molecule is COc1ncccc1CN[C@@H](C)c1cccc(C)c1. The molecule has 0 fully saturated rings. The Bertz CT molecular complexity index is 540. The standard InChI is InChI=1S/C16H20N2O/c1-12-6-4-7-14(10-12)13(2)18-11-15-8-5-9-17-16(15)19-3/h4-10,13,18H,11H2,1-3H3/t13-/m0/s1. The van der Waals surface area contributed by atoms with Crippen LogP contribution in [-0.2, 0) is 6.54 Å². The minimum absolute atomic E-state index is 0.296. The fraction of sp³-hybridized carbons (Fsp3) is 0.312. The summed E-state index contributed by atoms with van der Waals surface area (Å²) in [6.45, 7) is 5.02. The number of nitrogens with one attached hydrogen (secondary N) is 1. The van der Waals surface area contributed by atoms with Gasteiger partial charge in [-0.05, 0) is 25.5 Å². The Labute approximate surface area is 114 Å². The predicted octanol–water partition coefficient (Wildman–Crippen LogP) is 3.25. The average molecular weight is 256 g/mol. The molecule has 1 atom stereocenters. The van der Waals surface area contributed by atoms with E-state index in [1.54, 1.807) is 13.3 Å². The van der Waals surface area contributed by atoms with Crippen LogP contribution in [0.3, 0.4) is 0 Å². The van der Waals surface area contributed by atoms with Gasteiger partial charge in [0.05, 0.1) is 7.11 Å². The number of ether oxygens (including phenoxy) is 1. The van der Waals surface area contributed by atoms with E-state index >= 15 is 0 Å². The molecular weight excluding hydrogens is 236 g/mol. The van der Waals surface area contributed by atoms with E-state index < -0.39 is 0 Å².